The lowest BCUT2D eigenvalue weighted by atomic mass is 9.98. The topological polar surface area (TPSA) is 68.2 Å². The summed E-state index contributed by atoms with van der Waals surface area (Å²) in [5.74, 6) is 0.0399. The van der Waals surface area contributed by atoms with Crippen molar-refractivity contribution >= 4 is 28.6 Å². The summed E-state index contributed by atoms with van der Waals surface area (Å²) >= 11 is 3.29. The van der Waals surface area contributed by atoms with E-state index in [9.17, 15) is 9.18 Å². The van der Waals surface area contributed by atoms with Crippen molar-refractivity contribution in [3.8, 4) is 10.6 Å². The lowest BCUT2D eigenvalue weighted by Gasteiger charge is -2.38. The summed E-state index contributed by atoms with van der Waals surface area (Å²) in [5, 5.41) is 4.11. The maximum Gasteiger partial charge on any atom is 0.255 e. The number of carbonyl (C=O) groups excluding carboxylic acids is 1. The molecule has 9 heteroatoms. The van der Waals surface area contributed by atoms with Crippen molar-refractivity contribution < 1.29 is 13.9 Å². The van der Waals surface area contributed by atoms with Crippen LogP contribution >= 0.6 is 22.7 Å². The molecule has 5 heterocycles. The van der Waals surface area contributed by atoms with Gasteiger partial charge < -0.3 is 9.64 Å². The number of carbonyl (C=O) groups is 1. The van der Waals surface area contributed by atoms with E-state index >= 15 is 0 Å². The number of amides is 1. The maximum atomic E-state index is 13.2. The highest BCUT2D eigenvalue weighted by molar-refractivity contribution is 7.16. The Morgan fingerprint density at radius 3 is 2.64 bits per heavy atom. The second-order valence-electron chi connectivity index (χ2n) is 8.74. The van der Waals surface area contributed by atoms with E-state index in [-0.39, 0.29) is 30.7 Å². The zero-order chi connectivity index (χ0) is 22.9. The van der Waals surface area contributed by atoms with Crippen molar-refractivity contribution in [3.63, 3.8) is 0 Å². The number of thiazole rings is 2. The third-order valence-corrected chi connectivity index (χ3v) is 8.39. The molecular formula is C24H27FN4O2S2. The Hall–Kier alpha value is -2.23. The van der Waals surface area contributed by atoms with Crippen molar-refractivity contribution in [3.05, 3.63) is 50.7 Å². The minimum Gasteiger partial charge on any atom is -0.375 e. The van der Waals surface area contributed by atoms with E-state index < -0.39 is 6.67 Å². The monoisotopic (exact) mass is 486 g/mol. The number of fused-ring (bicyclic) bond motifs is 2. The molecule has 6 nitrogen and oxygen atoms in total. The van der Waals surface area contributed by atoms with E-state index in [1.165, 1.54) is 0 Å². The van der Waals surface area contributed by atoms with Gasteiger partial charge in [0, 0.05) is 35.8 Å². The number of aromatic nitrogens is 3. The van der Waals surface area contributed by atoms with Crippen molar-refractivity contribution in [1.29, 1.82) is 0 Å². The third kappa shape index (κ3) is 4.72. The molecule has 33 heavy (non-hydrogen) atoms. The lowest BCUT2D eigenvalue weighted by molar-refractivity contribution is -0.0181. The van der Waals surface area contributed by atoms with Gasteiger partial charge in [-0.3, -0.25) is 9.78 Å². The van der Waals surface area contributed by atoms with Gasteiger partial charge in [-0.25, -0.2) is 14.4 Å². The van der Waals surface area contributed by atoms with E-state index in [0.717, 1.165) is 57.7 Å². The second kappa shape index (κ2) is 9.56. The van der Waals surface area contributed by atoms with Crippen LogP contribution < -0.4 is 0 Å². The molecule has 5 rings (SSSR count). The van der Waals surface area contributed by atoms with E-state index in [2.05, 4.69) is 15.3 Å². The molecule has 3 aromatic heterocycles. The molecule has 2 aliphatic rings. The fourth-order valence-electron chi connectivity index (χ4n) is 5.03. The van der Waals surface area contributed by atoms with Crippen molar-refractivity contribution in [1.82, 2.24) is 19.9 Å². The number of nitrogens with zero attached hydrogens (tertiary/aromatic N) is 4. The van der Waals surface area contributed by atoms with E-state index in [4.69, 9.17) is 9.72 Å². The van der Waals surface area contributed by atoms with Gasteiger partial charge in [0.15, 0.2) is 0 Å². The predicted octanol–water partition coefficient (Wildman–Crippen LogP) is 4.99. The predicted molar refractivity (Wildman–Crippen MR) is 128 cm³/mol. The molecule has 0 aliphatic carbocycles. The third-order valence-electron chi connectivity index (χ3n) is 6.45. The summed E-state index contributed by atoms with van der Waals surface area (Å²) in [7, 11) is 0. The molecule has 0 N–H and O–H groups in total. The van der Waals surface area contributed by atoms with Crippen molar-refractivity contribution in [2.24, 2.45) is 0 Å². The Morgan fingerprint density at radius 1 is 1.21 bits per heavy atom. The van der Waals surface area contributed by atoms with Crippen LogP contribution in [0, 0.1) is 13.8 Å². The van der Waals surface area contributed by atoms with Crippen LogP contribution in [-0.2, 0) is 11.2 Å². The largest absolute Gasteiger partial charge is 0.375 e. The molecule has 2 saturated heterocycles. The van der Waals surface area contributed by atoms with Crippen LogP contribution in [-0.4, -0.2) is 57.2 Å². The van der Waals surface area contributed by atoms with Gasteiger partial charge in [-0.15, -0.1) is 22.7 Å². The van der Waals surface area contributed by atoms with Gasteiger partial charge in [-0.05, 0) is 51.7 Å². The van der Waals surface area contributed by atoms with Gasteiger partial charge >= 0.3 is 0 Å². The van der Waals surface area contributed by atoms with Crippen LogP contribution in [0.4, 0.5) is 4.39 Å². The summed E-state index contributed by atoms with van der Waals surface area (Å²) in [5.41, 5.74) is 3.50. The van der Waals surface area contributed by atoms with Crippen molar-refractivity contribution in [2.75, 3.05) is 13.3 Å². The number of rotatable bonds is 7. The molecule has 3 aromatic rings. The summed E-state index contributed by atoms with van der Waals surface area (Å²) in [6.45, 7) is 3.71. The lowest BCUT2D eigenvalue weighted by Crippen LogP contribution is -2.48. The average molecular weight is 487 g/mol. The van der Waals surface area contributed by atoms with E-state index in [1.54, 1.807) is 28.9 Å². The van der Waals surface area contributed by atoms with Crippen molar-refractivity contribution in [2.45, 2.75) is 64.1 Å². The summed E-state index contributed by atoms with van der Waals surface area (Å²) in [6, 6.07) is 4.15. The molecule has 3 atom stereocenters. The highest BCUT2D eigenvalue weighted by Gasteiger charge is 2.43. The summed E-state index contributed by atoms with van der Waals surface area (Å²) < 4.78 is 18.1. The number of pyridine rings is 1. The average Bonchev–Trinajstić information content (AvgIpc) is 3.47. The SMILES string of the molecule is Cc1nc(C)c(-c2csc(Cc3ccc(C(=O)N4[C@@H]5CC[C@H]4CC(OCCF)C5)cn3)n2)s1. The van der Waals surface area contributed by atoms with Gasteiger partial charge in [0.05, 0.1) is 44.6 Å². The maximum absolute atomic E-state index is 13.2. The Balaban J connectivity index is 1.23. The number of aryl methyl sites for hydroxylation is 2. The Kier molecular flexibility index (Phi) is 6.53. The quantitative estimate of drug-likeness (QED) is 0.471. The van der Waals surface area contributed by atoms with Crippen LogP contribution in [0.5, 0.6) is 0 Å². The number of hydrogen-bond donors (Lipinski definition) is 0. The molecular weight excluding hydrogens is 459 g/mol. The normalized spacial score (nSPS) is 22.2. The molecule has 2 aliphatic heterocycles. The molecule has 0 saturated carbocycles. The minimum atomic E-state index is -0.459. The number of ether oxygens (including phenoxy) is 1. The second-order valence-corrected chi connectivity index (χ2v) is 10.9. The standard InChI is InChI=1S/C24H27FN4O2S2/c1-14-23(33-15(2)27-14)21-13-32-22(28-21)9-17-4-3-16(12-26-17)24(30)29-18-5-6-19(29)11-20(10-18)31-8-7-25/h3-4,12-13,18-20H,5-11H2,1-2H3/t18-,19+,20?. The van der Waals surface area contributed by atoms with E-state index in [1.807, 2.05) is 30.9 Å². The van der Waals surface area contributed by atoms with Crippen LogP contribution in [0.25, 0.3) is 10.6 Å². The summed E-state index contributed by atoms with van der Waals surface area (Å²) in [4.78, 5) is 30.2. The molecule has 0 radical (unpaired) electrons. The highest BCUT2D eigenvalue weighted by atomic mass is 32.1. The van der Waals surface area contributed by atoms with Gasteiger partial charge in [0.1, 0.15) is 6.67 Å². The van der Waals surface area contributed by atoms with Gasteiger partial charge in [-0.2, -0.15) is 0 Å². The zero-order valence-corrected chi connectivity index (χ0v) is 20.4. The Morgan fingerprint density at radius 2 is 2.00 bits per heavy atom. The zero-order valence-electron chi connectivity index (χ0n) is 18.8. The van der Waals surface area contributed by atoms with Crippen LogP contribution in [0.15, 0.2) is 23.7 Å². The molecule has 0 aromatic carbocycles. The molecule has 1 amide bonds. The van der Waals surface area contributed by atoms with Gasteiger partial charge in [0.25, 0.3) is 5.91 Å². The van der Waals surface area contributed by atoms with Crippen LogP contribution in [0.3, 0.4) is 0 Å². The number of hydrogen-bond acceptors (Lipinski definition) is 7. The first-order valence-electron chi connectivity index (χ1n) is 11.4. The minimum absolute atomic E-state index is 0.0399. The van der Waals surface area contributed by atoms with Gasteiger partial charge in [0.2, 0.25) is 0 Å². The number of piperidine rings is 1. The Bertz CT molecular complexity index is 1120. The fourth-order valence-corrected chi connectivity index (χ4v) is 6.79. The first-order chi connectivity index (χ1) is 16.0. The number of alkyl halides is 1. The Labute approximate surface area is 200 Å². The fraction of sp³-hybridized carbons (Fsp3) is 0.500. The molecule has 174 valence electrons. The van der Waals surface area contributed by atoms with Crippen LogP contribution in [0.1, 0.15) is 57.4 Å². The van der Waals surface area contributed by atoms with Crippen LogP contribution in [0.2, 0.25) is 0 Å². The highest BCUT2D eigenvalue weighted by Crippen LogP contribution is 2.38. The van der Waals surface area contributed by atoms with E-state index in [0.29, 0.717) is 12.0 Å². The molecule has 1 unspecified atom stereocenters. The molecule has 2 bridgehead atoms. The molecule has 2 fully saturated rings. The first-order valence-corrected chi connectivity index (χ1v) is 13.1. The summed E-state index contributed by atoms with van der Waals surface area (Å²) in [6.07, 6.45) is 5.94. The first kappa shape index (κ1) is 22.6. The van der Waals surface area contributed by atoms with Gasteiger partial charge in [-0.1, -0.05) is 0 Å². The number of halogens is 1. The smallest absolute Gasteiger partial charge is 0.255 e. The molecule has 0 spiro atoms.